The lowest BCUT2D eigenvalue weighted by atomic mass is 9.87. The Morgan fingerprint density at radius 3 is 1.80 bits per heavy atom. The first-order valence-corrected chi connectivity index (χ1v) is 6.78. The predicted octanol–water partition coefficient (Wildman–Crippen LogP) is 4.21. The molecular formula is C14H31N. The summed E-state index contributed by atoms with van der Waals surface area (Å²) in [6.07, 6.45) is 6.44. The minimum Gasteiger partial charge on any atom is -0.327 e. The Balaban J connectivity index is 3.60. The molecule has 0 aromatic rings. The summed E-state index contributed by atoms with van der Waals surface area (Å²) in [7, 11) is 0. The first kappa shape index (κ1) is 15.0. The molecule has 4 atom stereocenters. The smallest absolute Gasteiger partial charge is 0.00619 e. The van der Waals surface area contributed by atoms with Crippen molar-refractivity contribution in [3.05, 3.63) is 0 Å². The van der Waals surface area contributed by atoms with Crippen LogP contribution in [0.25, 0.3) is 0 Å². The average molecular weight is 213 g/mol. The van der Waals surface area contributed by atoms with Crippen molar-refractivity contribution in [2.45, 2.75) is 72.8 Å². The van der Waals surface area contributed by atoms with Crippen LogP contribution in [-0.2, 0) is 0 Å². The molecule has 0 aliphatic rings. The maximum absolute atomic E-state index is 6.02. The van der Waals surface area contributed by atoms with E-state index < -0.39 is 0 Å². The lowest BCUT2D eigenvalue weighted by molar-refractivity contribution is 0.321. The quantitative estimate of drug-likeness (QED) is 0.642. The van der Waals surface area contributed by atoms with Gasteiger partial charge in [-0.3, -0.25) is 0 Å². The van der Waals surface area contributed by atoms with Crippen molar-refractivity contribution in [1.29, 1.82) is 0 Å². The second-order valence-corrected chi connectivity index (χ2v) is 5.34. The molecule has 0 saturated heterocycles. The lowest BCUT2D eigenvalue weighted by Crippen LogP contribution is -2.27. The van der Waals surface area contributed by atoms with E-state index in [0.29, 0.717) is 12.0 Å². The van der Waals surface area contributed by atoms with Gasteiger partial charge in [-0.1, -0.05) is 53.9 Å². The van der Waals surface area contributed by atoms with Crippen LogP contribution in [0.3, 0.4) is 0 Å². The van der Waals surface area contributed by atoms with Gasteiger partial charge < -0.3 is 5.73 Å². The summed E-state index contributed by atoms with van der Waals surface area (Å²) >= 11 is 0. The molecule has 1 heteroatoms. The SMILES string of the molecule is CCC(C)C(C)CCCC(C)C(N)CC. The van der Waals surface area contributed by atoms with Crippen molar-refractivity contribution in [2.24, 2.45) is 23.5 Å². The Labute approximate surface area is 96.8 Å². The molecule has 0 fully saturated rings. The van der Waals surface area contributed by atoms with E-state index in [4.69, 9.17) is 5.73 Å². The highest BCUT2D eigenvalue weighted by Crippen LogP contribution is 2.22. The van der Waals surface area contributed by atoms with Crippen molar-refractivity contribution in [1.82, 2.24) is 0 Å². The fourth-order valence-electron chi connectivity index (χ4n) is 2.07. The molecule has 15 heavy (non-hydrogen) atoms. The highest BCUT2D eigenvalue weighted by Gasteiger charge is 2.13. The number of rotatable bonds is 8. The first-order valence-electron chi connectivity index (χ1n) is 6.78. The molecule has 0 spiro atoms. The minimum atomic E-state index is 0.406. The van der Waals surface area contributed by atoms with Gasteiger partial charge in [-0.05, 0) is 30.6 Å². The summed E-state index contributed by atoms with van der Waals surface area (Å²) in [6.45, 7) is 11.5. The van der Waals surface area contributed by atoms with Gasteiger partial charge in [0.15, 0.2) is 0 Å². The third kappa shape index (κ3) is 6.19. The monoisotopic (exact) mass is 213 g/mol. The topological polar surface area (TPSA) is 26.0 Å². The summed E-state index contributed by atoms with van der Waals surface area (Å²) in [6, 6.07) is 0.406. The summed E-state index contributed by atoms with van der Waals surface area (Å²) < 4.78 is 0. The van der Waals surface area contributed by atoms with Crippen LogP contribution in [0.4, 0.5) is 0 Å². The maximum Gasteiger partial charge on any atom is 0.00619 e. The Kier molecular flexibility index (Phi) is 8.13. The highest BCUT2D eigenvalue weighted by molar-refractivity contribution is 4.68. The molecule has 0 aromatic heterocycles. The summed E-state index contributed by atoms with van der Waals surface area (Å²) in [5.74, 6) is 2.44. The third-order valence-electron chi connectivity index (χ3n) is 4.14. The average Bonchev–Trinajstić information content (AvgIpc) is 2.26. The zero-order valence-electron chi connectivity index (χ0n) is 11.4. The molecule has 0 rings (SSSR count). The normalized spacial score (nSPS) is 19.6. The largest absolute Gasteiger partial charge is 0.327 e. The Morgan fingerprint density at radius 2 is 1.33 bits per heavy atom. The van der Waals surface area contributed by atoms with E-state index in [1.807, 2.05) is 0 Å². The summed E-state index contributed by atoms with van der Waals surface area (Å²) in [5, 5.41) is 0. The van der Waals surface area contributed by atoms with Gasteiger partial charge in [0.05, 0.1) is 0 Å². The van der Waals surface area contributed by atoms with Crippen LogP contribution in [-0.4, -0.2) is 6.04 Å². The van der Waals surface area contributed by atoms with Gasteiger partial charge in [0.25, 0.3) is 0 Å². The van der Waals surface area contributed by atoms with Crippen LogP contribution in [0.5, 0.6) is 0 Å². The van der Waals surface area contributed by atoms with Gasteiger partial charge in [0, 0.05) is 6.04 Å². The lowest BCUT2D eigenvalue weighted by Gasteiger charge is -2.21. The van der Waals surface area contributed by atoms with Crippen LogP contribution < -0.4 is 5.73 Å². The fraction of sp³-hybridized carbons (Fsp3) is 1.00. The summed E-state index contributed by atoms with van der Waals surface area (Å²) in [4.78, 5) is 0. The van der Waals surface area contributed by atoms with Crippen LogP contribution in [0.1, 0.15) is 66.7 Å². The van der Waals surface area contributed by atoms with E-state index in [-0.39, 0.29) is 0 Å². The molecule has 4 unspecified atom stereocenters. The van der Waals surface area contributed by atoms with Crippen molar-refractivity contribution in [2.75, 3.05) is 0 Å². The van der Waals surface area contributed by atoms with Crippen LogP contribution in [0.15, 0.2) is 0 Å². The zero-order valence-corrected chi connectivity index (χ0v) is 11.4. The molecule has 92 valence electrons. The van der Waals surface area contributed by atoms with Crippen LogP contribution >= 0.6 is 0 Å². The molecule has 0 aliphatic carbocycles. The third-order valence-corrected chi connectivity index (χ3v) is 4.14. The van der Waals surface area contributed by atoms with Gasteiger partial charge in [0.1, 0.15) is 0 Å². The van der Waals surface area contributed by atoms with E-state index in [2.05, 4.69) is 34.6 Å². The molecule has 0 heterocycles. The minimum absolute atomic E-state index is 0.406. The molecule has 2 N–H and O–H groups in total. The number of hydrogen-bond acceptors (Lipinski definition) is 1. The Morgan fingerprint density at radius 1 is 0.800 bits per heavy atom. The summed E-state index contributed by atoms with van der Waals surface area (Å²) in [5.41, 5.74) is 6.02. The van der Waals surface area contributed by atoms with Gasteiger partial charge in [-0.25, -0.2) is 0 Å². The van der Waals surface area contributed by atoms with Crippen LogP contribution in [0, 0.1) is 17.8 Å². The van der Waals surface area contributed by atoms with Gasteiger partial charge in [-0.2, -0.15) is 0 Å². The standard InChI is InChI=1S/C14H31N/c1-6-11(3)12(4)9-8-10-13(5)14(15)7-2/h11-14H,6-10,15H2,1-5H3. The number of nitrogens with two attached hydrogens (primary N) is 1. The molecule has 0 radical (unpaired) electrons. The zero-order chi connectivity index (χ0) is 11.8. The van der Waals surface area contributed by atoms with E-state index >= 15 is 0 Å². The molecular weight excluding hydrogens is 182 g/mol. The highest BCUT2D eigenvalue weighted by atomic mass is 14.6. The molecule has 0 saturated carbocycles. The Bertz CT molecular complexity index is 128. The second-order valence-electron chi connectivity index (χ2n) is 5.34. The molecule has 0 aliphatic heterocycles. The van der Waals surface area contributed by atoms with Crippen molar-refractivity contribution in [3.8, 4) is 0 Å². The van der Waals surface area contributed by atoms with Gasteiger partial charge in [-0.15, -0.1) is 0 Å². The van der Waals surface area contributed by atoms with E-state index in [0.717, 1.165) is 18.3 Å². The van der Waals surface area contributed by atoms with Crippen molar-refractivity contribution >= 4 is 0 Å². The second kappa shape index (κ2) is 8.15. The fourth-order valence-corrected chi connectivity index (χ4v) is 2.07. The number of hydrogen-bond donors (Lipinski definition) is 1. The van der Waals surface area contributed by atoms with E-state index in [1.54, 1.807) is 0 Å². The van der Waals surface area contributed by atoms with Crippen molar-refractivity contribution in [3.63, 3.8) is 0 Å². The molecule has 0 bridgehead atoms. The van der Waals surface area contributed by atoms with E-state index in [9.17, 15) is 0 Å². The van der Waals surface area contributed by atoms with Gasteiger partial charge >= 0.3 is 0 Å². The maximum atomic E-state index is 6.02. The Hall–Kier alpha value is -0.0400. The van der Waals surface area contributed by atoms with Crippen molar-refractivity contribution < 1.29 is 0 Å². The van der Waals surface area contributed by atoms with E-state index in [1.165, 1.54) is 25.7 Å². The van der Waals surface area contributed by atoms with Crippen LogP contribution in [0.2, 0.25) is 0 Å². The molecule has 1 nitrogen and oxygen atoms in total. The molecule has 0 aromatic carbocycles. The van der Waals surface area contributed by atoms with Gasteiger partial charge in [0.2, 0.25) is 0 Å². The molecule has 0 amide bonds. The predicted molar refractivity (Wildman–Crippen MR) is 69.9 cm³/mol. The first-order chi connectivity index (χ1) is 7.02.